The number of nitrogens with zero attached hydrogens (tertiary/aromatic N) is 3. The maximum Gasteiger partial charge on any atom is 0.130 e. The Labute approximate surface area is 118 Å². The lowest BCUT2D eigenvalue weighted by Crippen LogP contribution is -2.30. The van der Waals surface area contributed by atoms with Crippen LogP contribution in [0.5, 0.6) is 0 Å². The Morgan fingerprint density at radius 1 is 1.32 bits per heavy atom. The molecular weight excluding hydrogens is 260 g/mol. The Balaban J connectivity index is 2.11. The van der Waals surface area contributed by atoms with Gasteiger partial charge in [-0.05, 0) is 44.5 Å². The van der Waals surface area contributed by atoms with Gasteiger partial charge in [-0.15, -0.1) is 0 Å². The number of rotatable bonds is 5. The molecule has 1 atom stereocenters. The van der Waals surface area contributed by atoms with E-state index < -0.39 is 0 Å². The highest BCUT2D eigenvalue weighted by molar-refractivity contribution is 6.30. The molecule has 0 amide bonds. The molecule has 2 heterocycles. The molecule has 0 saturated heterocycles. The highest BCUT2D eigenvalue weighted by Gasteiger charge is 2.16. The summed E-state index contributed by atoms with van der Waals surface area (Å²) in [5.74, 6) is 0. The van der Waals surface area contributed by atoms with Crippen molar-refractivity contribution in [1.29, 1.82) is 0 Å². The smallest absolute Gasteiger partial charge is 0.130 e. The van der Waals surface area contributed by atoms with Crippen LogP contribution in [0.4, 0.5) is 0 Å². The molecule has 0 aromatic carbocycles. The van der Waals surface area contributed by atoms with Crippen molar-refractivity contribution < 1.29 is 0 Å². The number of likely N-dealkylation sites (N-methyl/N-ethyl adjacent to an activating group) is 1. The molecular formula is C14H19ClN4. The van der Waals surface area contributed by atoms with Crippen LogP contribution in [0.2, 0.25) is 5.15 Å². The van der Waals surface area contributed by atoms with Crippen LogP contribution in [0.15, 0.2) is 24.5 Å². The number of halogens is 1. The monoisotopic (exact) mass is 278 g/mol. The second kappa shape index (κ2) is 6.17. The van der Waals surface area contributed by atoms with Crippen LogP contribution in [0.1, 0.15) is 16.8 Å². The van der Waals surface area contributed by atoms with Crippen LogP contribution >= 0.6 is 11.6 Å². The minimum Gasteiger partial charge on any atom is -0.316 e. The van der Waals surface area contributed by atoms with Crippen molar-refractivity contribution in [2.45, 2.75) is 25.8 Å². The molecule has 4 nitrogen and oxygen atoms in total. The third-order valence-electron chi connectivity index (χ3n) is 3.36. The van der Waals surface area contributed by atoms with E-state index in [1.54, 1.807) is 4.68 Å². The molecule has 0 aliphatic heterocycles. The zero-order valence-corrected chi connectivity index (χ0v) is 12.3. The predicted octanol–water partition coefficient (Wildman–Crippen LogP) is 2.15. The van der Waals surface area contributed by atoms with Gasteiger partial charge < -0.3 is 5.32 Å². The Bertz CT molecular complexity index is 536. The summed E-state index contributed by atoms with van der Waals surface area (Å²) in [5, 5.41) is 8.43. The SMILES string of the molecule is CNC(Cc1ccncc1)Cc1c(C)nn(C)c1Cl. The normalized spacial score (nSPS) is 12.6. The minimum absolute atomic E-state index is 0.336. The average molecular weight is 279 g/mol. The number of hydrogen-bond donors (Lipinski definition) is 1. The first kappa shape index (κ1) is 14.0. The second-order valence-electron chi connectivity index (χ2n) is 4.73. The van der Waals surface area contributed by atoms with Gasteiger partial charge in [0, 0.05) is 31.0 Å². The van der Waals surface area contributed by atoms with Gasteiger partial charge in [-0.25, -0.2) is 0 Å². The molecule has 0 aliphatic carbocycles. The maximum atomic E-state index is 6.28. The molecule has 0 saturated carbocycles. The van der Waals surface area contributed by atoms with Gasteiger partial charge in [0.1, 0.15) is 5.15 Å². The van der Waals surface area contributed by atoms with Crippen molar-refractivity contribution in [3.63, 3.8) is 0 Å². The molecule has 0 radical (unpaired) electrons. The molecule has 1 N–H and O–H groups in total. The van der Waals surface area contributed by atoms with E-state index in [1.165, 1.54) is 5.56 Å². The van der Waals surface area contributed by atoms with E-state index in [2.05, 4.69) is 15.4 Å². The van der Waals surface area contributed by atoms with Gasteiger partial charge in [-0.1, -0.05) is 11.6 Å². The van der Waals surface area contributed by atoms with E-state index in [1.807, 2.05) is 45.5 Å². The van der Waals surface area contributed by atoms with Crippen LogP contribution in [-0.4, -0.2) is 27.9 Å². The van der Waals surface area contributed by atoms with Crippen LogP contribution < -0.4 is 5.32 Å². The van der Waals surface area contributed by atoms with E-state index in [4.69, 9.17) is 11.6 Å². The Kier molecular flexibility index (Phi) is 4.56. The Morgan fingerprint density at radius 3 is 2.53 bits per heavy atom. The molecule has 0 bridgehead atoms. The summed E-state index contributed by atoms with van der Waals surface area (Å²) in [7, 11) is 3.85. The standard InChI is InChI=1S/C14H19ClN4/c1-10-13(14(15)19(3)18-10)9-12(16-2)8-11-4-6-17-7-5-11/h4-7,12,16H,8-9H2,1-3H3. The highest BCUT2D eigenvalue weighted by Crippen LogP contribution is 2.21. The van der Waals surface area contributed by atoms with Crippen molar-refractivity contribution in [3.8, 4) is 0 Å². The second-order valence-corrected chi connectivity index (χ2v) is 5.09. The summed E-state index contributed by atoms with van der Waals surface area (Å²) < 4.78 is 1.73. The minimum atomic E-state index is 0.336. The van der Waals surface area contributed by atoms with E-state index in [0.29, 0.717) is 6.04 Å². The number of nitrogens with one attached hydrogen (secondary N) is 1. The molecule has 0 spiro atoms. The van der Waals surface area contributed by atoms with Crippen LogP contribution in [0.25, 0.3) is 0 Å². The average Bonchev–Trinajstić information content (AvgIpc) is 2.65. The Hall–Kier alpha value is -1.39. The summed E-state index contributed by atoms with van der Waals surface area (Å²) in [5.41, 5.74) is 3.40. The van der Waals surface area contributed by atoms with E-state index in [0.717, 1.165) is 29.3 Å². The molecule has 2 rings (SSSR count). The van der Waals surface area contributed by atoms with Crippen LogP contribution in [0, 0.1) is 6.92 Å². The summed E-state index contributed by atoms with van der Waals surface area (Å²) in [6.45, 7) is 2.00. The largest absolute Gasteiger partial charge is 0.316 e. The van der Waals surface area contributed by atoms with E-state index in [-0.39, 0.29) is 0 Å². The molecule has 0 fully saturated rings. The van der Waals surface area contributed by atoms with Crippen molar-refractivity contribution in [2.24, 2.45) is 7.05 Å². The van der Waals surface area contributed by atoms with Gasteiger partial charge in [0.15, 0.2) is 0 Å². The summed E-state index contributed by atoms with van der Waals surface area (Å²) in [6.07, 6.45) is 5.47. The number of hydrogen-bond acceptors (Lipinski definition) is 3. The number of aromatic nitrogens is 3. The first-order valence-corrected chi connectivity index (χ1v) is 6.73. The maximum absolute atomic E-state index is 6.28. The molecule has 1 unspecified atom stereocenters. The van der Waals surface area contributed by atoms with Gasteiger partial charge in [0.25, 0.3) is 0 Å². The lowest BCUT2D eigenvalue weighted by atomic mass is 10.0. The lowest BCUT2D eigenvalue weighted by molar-refractivity contribution is 0.555. The first-order valence-electron chi connectivity index (χ1n) is 6.36. The first-order chi connectivity index (χ1) is 9.11. The van der Waals surface area contributed by atoms with E-state index in [9.17, 15) is 0 Å². The van der Waals surface area contributed by atoms with Crippen molar-refractivity contribution in [2.75, 3.05) is 7.05 Å². The van der Waals surface area contributed by atoms with Crippen LogP contribution in [-0.2, 0) is 19.9 Å². The summed E-state index contributed by atoms with van der Waals surface area (Å²) in [4.78, 5) is 4.04. The Morgan fingerprint density at radius 2 is 2.00 bits per heavy atom. The van der Waals surface area contributed by atoms with Gasteiger partial charge in [0.2, 0.25) is 0 Å². The molecule has 0 aliphatic rings. The summed E-state index contributed by atoms with van der Waals surface area (Å²) in [6, 6.07) is 4.42. The molecule has 19 heavy (non-hydrogen) atoms. The van der Waals surface area contributed by atoms with Gasteiger partial charge in [0.05, 0.1) is 5.69 Å². The lowest BCUT2D eigenvalue weighted by Gasteiger charge is -2.16. The van der Waals surface area contributed by atoms with Gasteiger partial charge in [-0.2, -0.15) is 5.10 Å². The molecule has 102 valence electrons. The predicted molar refractivity (Wildman–Crippen MR) is 77.4 cm³/mol. The zero-order valence-electron chi connectivity index (χ0n) is 11.5. The fourth-order valence-electron chi connectivity index (χ4n) is 2.23. The zero-order chi connectivity index (χ0) is 13.8. The van der Waals surface area contributed by atoms with Crippen molar-refractivity contribution >= 4 is 11.6 Å². The van der Waals surface area contributed by atoms with E-state index >= 15 is 0 Å². The molecule has 5 heteroatoms. The van der Waals surface area contributed by atoms with Crippen LogP contribution in [0.3, 0.4) is 0 Å². The molecule has 2 aromatic heterocycles. The molecule has 2 aromatic rings. The third-order valence-corrected chi connectivity index (χ3v) is 3.83. The fourth-order valence-corrected chi connectivity index (χ4v) is 2.48. The number of aryl methyl sites for hydroxylation is 2. The quantitative estimate of drug-likeness (QED) is 0.911. The topological polar surface area (TPSA) is 42.7 Å². The highest BCUT2D eigenvalue weighted by atomic mass is 35.5. The van der Waals surface area contributed by atoms with Crippen molar-refractivity contribution in [1.82, 2.24) is 20.1 Å². The fraction of sp³-hybridized carbons (Fsp3) is 0.429. The van der Waals surface area contributed by atoms with Crippen molar-refractivity contribution in [3.05, 3.63) is 46.5 Å². The third kappa shape index (κ3) is 3.33. The van der Waals surface area contributed by atoms with Gasteiger partial charge in [-0.3, -0.25) is 9.67 Å². The van der Waals surface area contributed by atoms with Gasteiger partial charge >= 0.3 is 0 Å². The number of pyridine rings is 1. The summed E-state index contributed by atoms with van der Waals surface area (Å²) >= 11 is 6.28.